The minimum Gasteiger partial charge on any atom is -0.378 e. The van der Waals surface area contributed by atoms with Crippen molar-refractivity contribution in [2.24, 2.45) is 0 Å². The highest BCUT2D eigenvalue weighted by Gasteiger charge is 2.35. The van der Waals surface area contributed by atoms with E-state index in [0.717, 1.165) is 16.5 Å². The summed E-state index contributed by atoms with van der Waals surface area (Å²) >= 11 is 3.41. The molecular formula is C14H18BrNO3. The first-order valence-electron chi connectivity index (χ1n) is 6.24. The van der Waals surface area contributed by atoms with Crippen LogP contribution in [-0.2, 0) is 9.47 Å². The van der Waals surface area contributed by atoms with Gasteiger partial charge in [-0.1, -0.05) is 6.07 Å². The Morgan fingerprint density at radius 3 is 2.95 bits per heavy atom. The summed E-state index contributed by atoms with van der Waals surface area (Å²) in [6, 6.07) is 5.67. The van der Waals surface area contributed by atoms with Crippen molar-refractivity contribution in [3.63, 3.8) is 0 Å². The van der Waals surface area contributed by atoms with Crippen molar-refractivity contribution in [3.8, 4) is 0 Å². The number of ether oxygens (including phenoxy) is 2. The third-order valence-electron chi connectivity index (χ3n) is 3.44. The molecule has 1 heterocycles. The largest absolute Gasteiger partial charge is 0.378 e. The Kier molecular flexibility index (Phi) is 4.60. The molecule has 2 rings (SSSR count). The van der Waals surface area contributed by atoms with Gasteiger partial charge in [0.15, 0.2) is 0 Å². The number of benzene rings is 1. The van der Waals surface area contributed by atoms with Crippen LogP contribution >= 0.6 is 15.9 Å². The fourth-order valence-corrected chi connectivity index (χ4v) is 2.78. The number of carbonyl (C=O) groups excluding carboxylic acids is 1. The van der Waals surface area contributed by atoms with Crippen LogP contribution in [-0.4, -0.2) is 38.4 Å². The molecule has 1 saturated heterocycles. The van der Waals surface area contributed by atoms with Crippen molar-refractivity contribution in [3.05, 3.63) is 33.8 Å². The number of aryl methyl sites for hydroxylation is 1. The molecule has 1 amide bonds. The molecule has 0 bridgehead atoms. The zero-order valence-electron chi connectivity index (χ0n) is 11.2. The van der Waals surface area contributed by atoms with E-state index in [1.54, 1.807) is 7.11 Å². The van der Waals surface area contributed by atoms with E-state index in [2.05, 4.69) is 21.2 Å². The highest BCUT2D eigenvalue weighted by Crippen LogP contribution is 2.22. The summed E-state index contributed by atoms with van der Waals surface area (Å²) in [7, 11) is 1.66. The number of hydrogen-bond donors (Lipinski definition) is 1. The Hall–Kier alpha value is -0.910. The van der Waals surface area contributed by atoms with Gasteiger partial charge in [-0.3, -0.25) is 4.79 Å². The molecule has 1 N–H and O–H groups in total. The van der Waals surface area contributed by atoms with Crippen molar-refractivity contribution in [2.45, 2.75) is 18.9 Å². The van der Waals surface area contributed by atoms with E-state index in [-0.39, 0.29) is 11.5 Å². The molecule has 1 aromatic rings. The average Bonchev–Trinajstić information content (AvgIpc) is 2.85. The van der Waals surface area contributed by atoms with Gasteiger partial charge >= 0.3 is 0 Å². The van der Waals surface area contributed by atoms with Crippen molar-refractivity contribution in [1.29, 1.82) is 0 Å². The molecule has 0 saturated carbocycles. The van der Waals surface area contributed by atoms with Crippen LogP contribution in [0.15, 0.2) is 22.7 Å². The number of hydrogen-bond acceptors (Lipinski definition) is 3. The predicted octanol–water partition coefficient (Wildman–Crippen LogP) is 2.29. The molecule has 1 unspecified atom stereocenters. The zero-order valence-corrected chi connectivity index (χ0v) is 12.7. The fraction of sp³-hybridized carbons (Fsp3) is 0.500. The summed E-state index contributed by atoms with van der Waals surface area (Å²) in [5, 5.41) is 2.92. The third kappa shape index (κ3) is 3.35. The van der Waals surface area contributed by atoms with Crippen molar-refractivity contribution in [2.75, 3.05) is 26.9 Å². The SMILES string of the molecule is COC1(CNC(=O)c2ccc(C)cc2Br)CCOC1. The first-order valence-corrected chi connectivity index (χ1v) is 7.03. The summed E-state index contributed by atoms with van der Waals surface area (Å²) in [6.07, 6.45) is 0.804. The topological polar surface area (TPSA) is 47.6 Å². The van der Waals surface area contributed by atoms with E-state index in [4.69, 9.17) is 9.47 Å². The Bertz CT molecular complexity index is 470. The lowest BCUT2D eigenvalue weighted by Gasteiger charge is -2.26. The van der Waals surface area contributed by atoms with Gasteiger partial charge in [0.05, 0.1) is 12.2 Å². The molecule has 1 fully saturated rings. The number of nitrogens with one attached hydrogen (secondary N) is 1. The molecule has 5 heteroatoms. The first kappa shape index (κ1) is 14.5. The maximum atomic E-state index is 12.2. The minimum atomic E-state index is -0.382. The van der Waals surface area contributed by atoms with E-state index in [1.807, 2.05) is 25.1 Å². The minimum absolute atomic E-state index is 0.102. The van der Waals surface area contributed by atoms with Gasteiger partial charge in [-0.05, 0) is 40.5 Å². The van der Waals surface area contributed by atoms with Gasteiger partial charge in [0.25, 0.3) is 5.91 Å². The Morgan fingerprint density at radius 1 is 1.58 bits per heavy atom. The lowest BCUT2D eigenvalue weighted by Crippen LogP contribution is -2.45. The van der Waals surface area contributed by atoms with Crippen molar-refractivity contribution < 1.29 is 14.3 Å². The number of carbonyl (C=O) groups is 1. The van der Waals surface area contributed by atoms with E-state index in [1.165, 1.54) is 0 Å². The van der Waals surface area contributed by atoms with Gasteiger partial charge in [0.1, 0.15) is 5.60 Å². The molecule has 1 atom stereocenters. The van der Waals surface area contributed by atoms with Crippen molar-refractivity contribution in [1.82, 2.24) is 5.32 Å². The highest BCUT2D eigenvalue weighted by molar-refractivity contribution is 9.10. The second-order valence-electron chi connectivity index (χ2n) is 4.86. The molecule has 1 aromatic carbocycles. The maximum absolute atomic E-state index is 12.2. The van der Waals surface area contributed by atoms with Crippen LogP contribution in [0.5, 0.6) is 0 Å². The lowest BCUT2D eigenvalue weighted by atomic mass is 10.0. The van der Waals surface area contributed by atoms with Crippen LogP contribution in [0.4, 0.5) is 0 Å². The van der Waals surface area contributed by atoms with Crippen LogP contribution < -0.4 is 5.32 Å². The summed E-state index contributed by atoms with van der Waals surface area (Å²) < 4.78 is 11.6. The van der Waals surface area contributed by atoms with Gasteiger partial charge in [-0.2, -0.15) is 0 Å². The van der Waals surface area contributed by atoms with Crippen LogP contribution in [0.3, 0.4) is 0 Å². The van der Waals surface area contributed by atoms with Gasteiger partial charge in [0.2, 0.25) is 0 Å². The number of halogens is 1. The van der Waals surface area contributed by atoms with Crippen LogP contribution in [0, 0.1) is 6.92 Å². The Morgan fingerprint density at radius 2 is 2.37 bits per heavy atom. The zero-order chi connectivity index (χ0) is 13.9. The third-order valence-corrected chi connectivity index (χ3v) is 4.10. The summed E-state index contributed by atoms with van der Waals surface area (Å²) in [5.74, 6) is -0.102. The first-order chi connectivity index (χ1) is 9.06. The average molecular weight is 328 g/mol. The molecule has 4 nitrogen and oxygen atoms in total. The predicted molar refractivity (Wildman–Crippen MR) is 76.4 cm³/mol. The van der Waals surface area contributed by atoms with Gasteiger partial charge < -0.3 is 14.8 Å². The molecule has 0 aromatic heterocycles. The van der Waals surface area contributed by atoms with Gasteiger partial charge in [0, 0.05) is 31.2 Å². The number of amides is 1. The maximum Gasteiger partial charge on any atom is 0.252 e. The number of rotatable bonds is 4. The summed E-state index contributed by atoms with van der Waals surface area (Å²) in [4.78, 5) is 12.2. The van der Waals surface area contributed by atoms with E-state index in [0.29, 0.717) is 25.3 Å². The Labute approximate surface area is 121 Å². The van der Waals surface area contributed by atoms with E-state index >= 15 is 0 Å². The normalized spacial score (nSPS) is 22.5. The molecule has 0 spiro atoms. The van der Waals surface area contributed by atoms with E-state index < -0.39 is 0 Å². The van der Waals surface area contributed by atoms with Gasteiger partial charge in [-0.15, -0.1) is 0 Å². The quantitative estimate of drug-likeness (QED) is 0.923. The smallest absolute Gasteiger partial charge is 0.252 e. The molecule has 0 aliphatic carbocycles. The second kappa shape index (κ2) is 6.03. The lowest BCUT2D eigenvalue weighted by molar-refractivity contribution is -0.0148. The van der Waals surface area contributed by atoms with Crippen molar-refractivity contribution >= 4 is 21.8 Å². The van der Waals surface area contributed by atoms with Crippen LogP contribution in [0.1, 0.15) is 22.3 Å². The summed E-state index contributed by atoms with van der Waals surface area (Å²) in [6.45, 7) is 3.65. The Balaban J connectivity index is 2.01. The molecular weight excluding hydrogens is 310 g/mol. The molecule has 19 heavy (non-hydrogen) atoms. The number of methoxy groups -OCH3 is 1. The fourth-order valence-electron chi connectivity index (χ4n) is 2.10. The van der Waals surface area contributed by atoms with E-state index in [9.17, 15) is 4.79 Å². The van der Waals surface area contributed by atoms with Crippen LogP contribution in [0.2, 0.25) is 0 Å². The highest BCUT2D eigenvalue weighted by atomic mass is 79.9. The molecule has 0 radical (unpaired) electrons. The van der Waals surface area contributed by atoms with Crippen LogP contribution in [0.25, 0.3) is 0 Å². The standard InChI is InChI=1S/C14H18BrNO3/c1-10-3-4-11(12(15)7-10)13(17)16-8-14(18-2)5-6-19-9-14/h3-4,7H,5-6,8-9H2,1-2H3,(H,16,17). The molecule has 1 aliphatic rings. The molecule has 1 aliphatic heterocycles. The van der Waals surface area contributed by atoms with Gasteiger partial charge in [-0.25, -0.2) is 0 Å². The second-order valence-corrected chi connectivity index (χ2v) is 5.71. The monoisotopic (exact) mass is 327 g/mol. The summed E-state index contributed by atoms with van der Waals surface area (Å²) in [5.41, 5.74) is 1.36. The molecule has 104 valence electrons.